The maximum absolute atomic E-state index is 13.1. The zero-order chi connectivity index (χ0) is 20.7. The van der Waals surface area contributed by atoms with E-state index in [9.17, 15) is 4.79 Å². The molecule has 5 nitrogen and oxygen atoms in total. The second-order valence-corrected chi connectivity index (χ2v) is 9.49. The Bertz CT molecular complexity index is 1380. The van der Waals surface area contributed by atoms with Crippen molar-refractivity contribution < 1.29 is 4.42 Å². The summed E-state index contributed by atoms with van der Waals surface area (Å²) in [5.41, 5.74) is 2.76. The molecule has 0 unspecified atom stereocenters. The molecule has 0 fully saturated rings. The summed E-state index contributed by atoms with van der Waals surface area (Å²) in [5, 5.41) is 5.41. The minimum atomic E-state index is -0.0194. The first-order valence-corrected chi connectivity index (χ1v) is 12.0. The highest BCUT2D eigenvalue weighted by Gasteiger charge is 2.18. The first-order chi connectivity index (χ1) is 14.6. The fourth-order valence-electron chi connectivity index (χ4n) is 3.19. The van der Waals surface area contributed by atoms with Crippen LogP contribution in [0.3, 0.4) is 0 Å². The average Bonchev–Trinajstić information content (AvgIpc) is 3.50. The number of benzene rings is 1. The van der Waals surface area contributed by atoms with Gasteiger partial charge in [-0.05, 0) is 30.5 Å². The molecule has 5 aromatic rings. The van der Waals surface area contributed by atoms with Gasteiger partial charge in [0, 0.05) is 34.2 Å². The summed E-state index contributed by atoms with van der Waals surface area (Å²) in [7, 11) is 1.78. The number of rotatable bonds is 5. The number of nitrogens with zero attached hydrogens (tertiary/aromatic N) is 3. The van der Waals surface area contributed by atoms with Crippen LogP contribution in [0.15, 0.2) is 67.6 Å². The van der Waals surface area contributed by atoms with Crippen LogP contribution in [-0.2, 0) is 12.8 Å². The highest BCUT2D eigenvalue weighted by Crippen LogP contribution is 2.35. The lowest BCUT2D eigenvalue weighted by Crippen LogP contribution is -2.19. The number of thiophene rings is 2. The molecule has 0 spiro atoms. The van der Waals surface area contributed by atoms with Gasteiger partial charge in [0.15, 0.2) is 5.16 Å². The molecule has 0 amide bonds. The average molecular weight is 452 g/mol. The fraction of sp³-hybridized carbons (Fsp3) is 0.136. The summed E-state index contributed by atoms with van der Waals surface area (Å²) in [4.78, 5) is 24.4. The summed E-state index contributed by atoms with van der Waals surface area (Å²) < 4.78 is 7.48. The van der Waals surface area contributed by atoms with Crippen LogP contribution in [0.5, 0.6) is 0 Å². The Morgan fingerprint density at radius 1 is 1.10 bits per heavy atom. The molecule has 0 bridgehead atoms. The van der Waals surface area contributed by atoms with Gasteiger partial charge >= 0.3 is 0 Å². The Morgan fingerprint density at radius 2 is 1.93 bits per heavy atom. The van der Waals surface area contributed by atoms with Crippen LogP contribution in [-0.4, -0.2) is 14.5 Å². The van der Waals surface area contributed by atoms with Crippen LogP contribution in [0.1, 0.15) is 11.5 Å². The highest BCUT2D eigenvalue weighted by atomic mass is 32.2. The Hall–Kier alpha value is -2.68. The zero-order valence-electron chi connectivity index (χ0n) is 16.3. The van der Waals surface area contributed by atoms with Crippen molar-refractivity contribution in [2.45, 2.75) is 17.8 Å². The second kappa shape index (κ2) is 7.86. The first kappa shape index (κ1) is 19.3. The van der Waals surface area contributed by atoms with E-state index in [1.165, 1.54) is 23.1 Å². The van der Waals surface area contributed by atoms with E-state index < -0.39 is 0 Å². The Kier molecular flexibility index (Phi) is 5.06. The molecule has 0 saturated heterocycles. The molecule has 4 heterocycles. The molecule has 30 heavy (non-hydrogen) atoms. The molecule has 1 aromatic carbocycles. The van der Waals surface area contributed by atoms with E-state index in [-0.39, 0.29) is 5.56 Å². The molecule has 150 valence electrons. The molecule has 0 aliphatic rings. The SMILES string of the molecule is Cc1oc(-c2ccccc2)nc1CSc1nc2scc(-c3cccs3)c2c(=O)n1C. The van der Waals surface area contributed by atoms with Crippen molar-refractivity contribution >= 4 is 44.7 Å². The third-order valence-electron chi connectivity index (χ3n) is 4.81. The molecular weight excluding hydrogens is 434 g/mol. The van der Waals surface area contributed by atoms with E-state index in [2.05, 4.69) is 4.98 Å². The molecule has 0 aliphatic carbocycles. The van der Waals surface area contributed by atoms with Crippen molar-refractivity contribution in [3.8, 4) is 21.9 Å². The minimum Gasteiger partial charge on any atom is -0.441 e. The van der Waals surface area contributed by atoms with Gasteiger partial charge in [-0.25, -0.2) is 9.97 Å². The van der Waals surface area contributed by atoms with Gasteiger partial charge in [-0.15, -0.1) is 22.7 Å². The quantitative estimate of drug-likeness (QED) is 0.243. The molecule has 5 rings (SSSR count). The number of hydrogen-bond acceptors (Lipinski definition) is 7. The molecule has 0 aliphatic heterocycles. The van der Waals surface area contributed by atoms with Crippen LogP contribution in [0.2, 0.25) is 0 Å². The predicted octanol–water partition coefficient (Wildman–Crippen LogP) is 5.98. The van der Waals surface area contributed by atoms with E-state index >= 15 is 0 Å². The van der Waals surface area contributed by atoms with Gasteiger partial charge in [0.1, 0.15) is 10.6 Å². The van der Waals surface area contributed by atoms with Crippen LogP contribution >= 0.6 is 34.4 Å². The van der Waals surface area contributed by atoms with E-state index in [1.54, 1.807) is 23.0 Å². The first-order valence-electron chi connectivity index (χ1n) is 9.28. The largest absolute Gasteiger partial charge is 0.441 e. The molecule has 4 aromatic heterocycles. The van der Waals surface area contributed by atoms with Crippen LogP contribution < -0.4 is 5.56 Å². The van der Waals surface area contributed by atoms with Crippen LogP contribution in [0.25, 0.3) is 32.1 Å². The van der Waals surface area contributed by atoms with E-state index in [1.807, 2.05) is 60.1 Å². The van der Waals surface area contributed by atoms with Crippen LogP contribution in [0, 0.1) is 6.92 Å². The molecular formula is C22H17N3O2S3. The van der Waals surface area contributed by atoms with E-state index in [0.717, 1.165) is 32.3 Å². The van der Waals surface area contributed by atoms with Gasteiger partial charge < -0.3 is 4.42 Å². The Morgan fingerprint density at radius 3 is 2.70 bits per heavy atom. The lowest BCUT2D eigenvalue weighted by atomic mass is 10.2. The number of oxazole rings is 1. The summed E-state index contributed by atoms with van der Waals surface area (Å²) in [5.74, 6) is 1.97. The van der Waals surface area contributed by atoms with Crippen molar-refractivity contribution in [3.63, 3.8) is 0 Å². The van der Waals surface area contributed by atoms with Gasteiger partial charge in [-0.2, -0.15) is 0 Å². The fourth-order valence-corrected chi connectivity index (χ4v) is 5.97. The molecule has 0 N–H and O–H groups in total. The number of fused-ring (bicyclic) bond motifs is 1. The van der Waals surface area contributed by atoms with Gasteiger partial charge in [-0.3, -0.25) is 9.36 Å². The van der Waals surface area contributed by atoms with Gasteiger partial charge in [0.2, 0.25) is 5.89 Å². The maximum Gasteiger partial charge on any atom is 0.263 e. The van der Waals surface area contributed by atoms with Gasteiger partial charge in [-0.1, -0.05) is 36.0 Å². The molecule has 0 radical (unpaired) electrons. The third kappa shape index (κ3) is 3.40. The van der Waals surface area contributed by atoms with Gasteiger partial charge in [0.25, 0.3) is 5.56 Å². The summed E-state index contributed by atoms with van der Waals surface area (Å²) in [6, 6.07) is 13.9. The lowest BCUT2D eigenvalue weighted by Gasteiger charge is -2.07. The van der Waals surface area contributed by atoms with Crippen molar-refractivity contribution in [2.24, 2.45) is 7.05 Å². The monoisotopic (exact) mass is 451 g/mol. The zero-order valence-corrected chi connectivity index (χ0v) is 18.7. The summed E-state index contributed by atoms with van der Waals surface area (Å²) in [6.45, 7) is 1.91. The van der Waals surface area contributed by atoms with E-state index in [0.29, 0.717) is 22.2 Å². The van der Waals surface area contributed by atoms with Crippen LogP contribution in [0.4, 0.5) is 0 Å². The topological polar surface area (TPSA) is 60.9 Å². The summed E-state index contributed by atoms with van der Waals surface area (Å²) in [6.07, 6.45) is 0. The summed E-state index contributed by atoms with van der Waals surface area (Å²) >= 11 is 4.64. The standard InChI is InChI=1S/C22H17N3O2S3/c1-13-16(23-19(27-13)14-7-4-3-5-8-14)12-30-22-24-20-18(21(26)25(22)2)15(11-29-20)17-9-6-10-28-17/h3-11H,12H2,1-2H3. The number of aromatic nitrogens is 3. The highest BCUT2D eigenvalue weighted by molar-refractivity contribution is 7.98. The molecule has 0 saturated carbocycles. The van der Waals surface area contributed by atoms with Crippen molar-refractivity contribution in [1.29, 1.82) is 0 Å². The number of thioether (sulfide) groups is 1. The Labute approximate surface area is 185 Å². The molecule has 8 heteroatoms. The number of aryl methyl sites for hydroxylation is 1. The number of hydrogen-bond donors (Lipinski definition) is 0. The predicted molar refractivity (Wildman–Crippen MR) is 124 cm³/mol. The lowest BCUT2D eigenvalue weighted by molar-refractivity contribution is 0.540. The third-order valence-corrected chi connectivity index (χ3v) is 7.63. The van der Waals surface area contributed by atoms with E-state index in [4.69, 9.17) is 9.40 Å². The maximum atomic E-state index is 13.1. The van der Waals surface area contributed by atoms with Crippen molar-refractivity contribution in [3.05, 3.63) is 75.0 Å². The van der Waals surface area contributed by atoms with Crippen molar-refractivity contribution in [2.75, 3.05) is 0 Å². The van der Waals surface area contributed by atoms with Gasteiger partial charge in [0.05, 0.1) is 11.1 Å². The Balaban J connectivity index is 1.45. The smallest absolute Gasteiger partial charge is 0.263 e. The normalized spacial score (nSPS) is 11.4. The second-order valence-electron chi connectivity index (χ2n) is 6.74. The minimum absolute atomic E-state index is 0.0194. The molecule has 0 atom stereocenters. The van der Waals surface area contributed by atoms with Crippen molar-refractivity contribution in [1.82, 2.24) is 14.5 Å².